The Hall–Kier alpha value is -2.17. The molecule has 0 radical (unpaired) electrons. The fourth-order valence-corrected chi connectivity index (χ4v) is 3.28. The highest BCUT2D eigenvalue weighted by molar-refractivity contribution is 5.96. The minimum atomic E-state index is -0.930. The number of rotatable bonds is 3. The van der Waals surface area contributed by atoms with Gasteiger partial charge in [-0.15, -0.1) is 0 Å². The molecule has 1 amide bonds. The maximum Gasteiger partial charge on any atom is 0.307 e. The van der Waals surface area contributed by atoms with Crippen molar-refractivity contribution in [2.24, 2.45) is 23.7 Å². The van der Waals surface area contributed by atoms with Crippen molar-refractivity contribution in [3.63, 3.8) is 0 Å². The molecule has 0 heterocycles. The summed E-state index contributed by atoms with van der Waals surface area (Å²) in [5, 5.41) is 12.0. The molecule has 2 bridgehead atoms. The number of allylic oxidation sites excluding steroid dienone is 2. The van der Waals surface area contributed by atoms with E-state index in [1.54, 1.807) is 0 Å². The number of aliphatic carboxylic acids is 1. The van der Waals surface area contributed by atoms with Gasteiger partial charge in [0.05, 0.1) is 11.8 Å². The first-order valence-electron chi connectivity index (χ1n) is 6.54. The van der Waals surface area contributed by atoms with E-state index < -0.39 is 17.8 Å². The van der Waals surface area contributed by atoms with E-state index in [4.69, 9.17) is 0 Å². The highest BCUT2D eigenvalue weighted by Gasteiger charge is 2.51. The fourth-order valence-electron chi connectivity index (χ4n) is 3.28. The maximum atomic E-state index is 12.8. The summed E-state index contributed by atoms with van der Waals surface area (Å²) < 4.78 is 12.8. The Morgan fingerprint density at radius 2 is 1.70 bits per heavy atom. The van der Waals surface area contributed by atoms with Crippen LogP contribution in [-0.2, 0) is 9.59 Å². The van der Waals surface area contributed by atoms with Gasteiger partial charge in [0.15, 0.2) is 0 Å². The Morgan fingerprint density at radius 3 is 2.30 bits per heavy atom. The lowest BCUT2D eigenvalue weighted by Gasteiger charge is -2.23. The first-order chi connectivity index (χ1) is 9.56. The second-order valence-corrected chi connectivity index (χ2v) is 5.33. The molecule has 0 aliphatic heterocycles. The van der Waals surface area contributed by atoms with E-state index in [0.717, 1.165) is 6.42 Å². The van der Waals surface area contributed by atoms with Gasteiger partial charge in [-0.3, -0.25) is 9.59 Å². The Balaban J connectivity index is 1.78. The highest BCUT2D eigenvalue weighted by Crippen LogP contribution is 2.48. The van der Waals surface area contributed by atoms with Crippen molar-refractivity contribution in [2.45, 2.75) is 6.42 Å². The molecule has 0 aromatic heterocycles. The first kappa shape index (κ1) is 12.8. The number of halogens is 1. The van der Waals surface area contributed by atoms with Crippen LogP contribution in [0.25, 0.3) is 0 Å². The van der Waals surface area contributed by atoms with Crippen LogP contribution in [0.1, 0.15) is 6.42 Å². The maximum absolute atomic E-state index is 12.8. The van der Waals surface area contributed by atoms with Crippen molar-refractivity contribution in [3.8, 4) is 0 Å². The molecule has 0 saturated heterocycles. The van der Waals surface area contributed by atoms with Crippen molar-refractivity contribution < 1.29 is 19.1 Å². The number of anilines is 1. The minimum absolute atomic E-state index is 0.0125. The molecule has 104 valence electrons. The van der Waals surface area contributed by atoms with Gasteiger partial charge in [0, 0.05) is 5.69 Å². The standard InChI is InChI=1S/C15H14FNO3/c16-10-3-5-11(6-4-10)17-14(18)12-8-1-2-9(7-8)13(12)15(19)20/h1-6,8-9,12-13H,7H2,(H,17,18)(H,19,20)/t8-,9+,12+,13+/m1/s1. The number of fused-ring (bicyclic) bond motifs is 2. The molecule has 3 rings (SSSR count). The highest BCUT2D eigenvalue weighted by atomic mass is 19.1. The Labute approximate surface area is 115 Å². The average Bonchev–Trinajstić information content (AvgIpc) is 3.01. The number of benzene rings is 1. The summed E-state index contributed by atoms with van der Waals surface area (Å²) in [5.41, 5.74) is 0.479. The van der Waals surface area contributed by atoms with Gasteiger partial charge < -0.3 is 10.4 Å². The van der Waals surface area contributed by atoms with E-state index in [0.29, 0.717) is 5.69 Å². The van der Waals surface area contributed by atoms with Crippen LogP contribution < -0.4 is 5.32 Å². The third-order valence-electron chi connectivity index (χ3n) is 4.16. The Bertz CT molecular complexity index is 581. The van der Waals surface area contributed by atoms with Crippen LogP contribution in [-0.4, -0.2) is 17.0 Å². The molecule has 1 fully saturated rings. The lowest BCUT2D eigenvalue weighted by molar-refractivity contribution is -0.146. The van der Waals surface area contributed by atoms with Crippen LogP contribution in [0.4, 0.5) is 10.1 Å². The Morgan fingerprint density at radius 1 is 1.10 bits per heavy atom. The van der Waals surface area contributed by atoms with Crippen molar-refractivity contribution >= 4 is 17.6 Å². The number of hydrogen-bond acceptors (Lipinski definition) is 2. The van der Waals surface area contributed by atoms with E-state index in [-0.39, 0.29) is 23.6 Å². The second kappa shape index (κ2) is 4.74. The summed E-state index contributed by atoms with van der Waals surface area (Å²) >= 11 is 0. The van der Waals surface area contributed by atoms with Crippen LogP contribution >= 0.6 is 0 Å². The number of carboxylic acids is 1. The zero-order valence-corrected chi connectivity index (χ0v) is 10.6. The van der Waals surface area contributed by atoms with E-state index in [1.165, 1.54) is 24.3 Å². The molecule has 2 N–H and O–H groups in total. The molecule has 20 heavy (non-hydrogen) atoms. The topological polar surface area (TPSA) is 66.4 Å². The number of hydrogen-bond donors (Lipinski definition) is 2. The zero-order valence-electron chi connectivity index (χ0n) is 10.6. The quantitative estimate of drug-likeness (QED) is 0.832. The van der Waals surface area contributed by atoms with Crippen molar-refractivity contribution in [1.29, 1.82) is 0 Å². The smallest absolute Gasteiger partial charge is 0.307 e. The molecule has 0 unspecified atom stereocenters. The molecule has 1 saturated carbocycles. The van der Waals surface area contributed by atoms with E-state index in [2.05, 4.69) is 5.32 Å². The van der Waals surface area contributed by atoms with Gasteiger partial charge >= 0.3 is 5.97 Å². The zero-order chi connectivity index (χ0) is 14.3. The molecular formula is C15H14FNO3. The number of carboxylic acid groups (broad SMARTS) is 1. The summed E-state index contributed by atoms with van der Waals surface area (Å²) in [7, 11) is 0. The van der Waals surface area contributed by atoms with Crippen LogP contribution in [0, 0.1) is 29.5 Å². The molecule has 5 heteroatoms. The molecular weight excluding hydrogens is 261 g/mol. The number of nitrogens with one attached hydrogen (secondary N) is 1. The summed E-state index contributed by atoms with van der Waals surface area (Å²) in [6.07, 6.45) is 4.54. The van der Waals surface area contributed by atoms with Gasteiger partial charge in [0.25, 0.3) is 0 Å². The molecule has 4 atom stereocenters. The largest absolute Gasteiger partial charge is 0.481 e. The second-order valence-electron chi connectivity index (χ2n) is 5.33. The summed E-state index contributed by atoms with van der Waals surface area (Å²) in [5.74, 6) is -2.89. The SMILES string of the molecule is O=C(Nc1ccc(F)cc1)[C@@H]1[C@@H](C(=O)O)[C@H]2C=C[C@@H]1C2. The van der Waals surface area contributed by atoms with Gasteiger partial charge in [0.2, 0.25) is 5.91 Å². The third-order valence-corrected chi connectivity index (χ3v) is 4.16. The summed E-state index contributed by atoms with van der Waals surface area (Å²) in [6.45, 7) is 0. The first-order valence-corrected chi connectivity index (χ1v) is 6.54. The molecule has 1 aromatic rings. The van der Waals surface area contributed by atoms with Crippen molar-refractivity contribution in [2.75, 3.05) is 5.32 Å². The van der Waals surface area contributed by atoms with Gasteiger partial charge in [-0.2, -0.15) is 0 Å². The molecule has 2 aliphatic rings. The van der Waals surface area contributed by atoms with Gasteiger partial charge in [-0.05, 0) is 42.5 Å². The number of carbonyl (C=O) groups is 2. The van der Waals surface area contributed by atoms with Gasteiger partial charge in [-0.25, -0.2) is 4.39 Å². The third kappa shape index (κ3) is 2.09. The molecule has 0 spiro atoms. The molecule has 1 aromatic carbocycles. The van der Waals surface area contributed by atoms with Crippen LogP contribution in [0.15, 0.2) is 36.4 Å². The van der Waals surface area contributed by atoms with Gasteiger partial charge in [0.1, 0.15) is 5.82 Å². The Kier molecular flexibility index (Phi) is 3.04. The van der Waals surface area contributed by atoms with E-state index in [1.807, 2.05) is 12.2 Å². The van der Waals surface area contributed by atoms with Crippen molar-refractivity contribution in [1.82, 2.24) is 0 Å². The molecule has 4 nitrogen and oxygen atoms in total. The fraction of sp³-hybridized carbons (Fsp3) is 0.333. The van der Waals surface area contributed by atoms with Crippen molar-refractivity contribution in [3.05, 3.63) is 42.2 Å². The summed E-state index contributed by atoms with van der Waals surface area (Å²) in [4.78, 5) is 23.6. The molecule has 2 aliphatic carbocycles. The van der Waals surface area contributed by atoms with E-state index in [9.17, 15) is 19.1 Å². The lowest BCUT2D eigenvalue weighted by Crippen LogP contribution is -2.36. The minimum Gasteiger partial charge on any atom is -0.481 e. The summed E-state index contributed by atoms with van der Waals surface area (Å²) in [6, 6.07) is 5.44. The monoisotopic (exact) mass is 275 g/mol. The average molecular weight is 275 g/mol. The number of carbonyl (C=O) groups excluding carboxylic acids is 1. The van der Waals surface area contributed by atoms with Crippen LogP contribution in [0.3, 0.4) is 0 Å². The van der Waals surface area contributed by atoms with E-state index >= 15 is 0 Å². The normalized spacial score (nSPS) is 30.4. The van der Waals surface area contributed by atoms with Gasteiger partial charge in [-0.1, -0.05) is 12.2 Å². The predicted molar refractivity (Wildman–Crippen MR) is 70.4 cm³/mol. The number of amides is 1. The predicted octanol–water partition coefficient (Wildman–Crippen LogP) is 2.29. The van der Waals surface area contributed by atoms with Crippen LogP contribution in [0.5, 0.6) is 0 Å². The lowest BCUT2D eigenvalue weighted by atomic mass is 9.82. The van der Waals surface area contributed by atoms with Crippen LogP contribution in [0.2, 0.25) is 0 Å².